The van der Waals surface area contributed by atoms with Crippen molar-refractivity contribution in [3.05, 3.63) is 18.2 Å². The lowest BCUT2D eigenvalue weighted by Crippen LogP contribution is -2.36. The van der Waals surface area contributed by atoms with Crippen LogP contribution in [-0.4, -0.2) is 16.1 Å². The Balaban J connectivity index is 2.21. The second-order valence-corrected chi connectivity index (χ2v) is 5.64. The summed E-state index contributed by atoms with van der Waals surface area (Å²) in [5.41, 5.74) is 0.383. The van der Waals surface area contributed by atoms with E-state index in [9.17, 15) is 0 Å². The van der Waals surface area contributed by atoms with Gasteiger partial charge in [0.05, 0.1) is 6.04 Å². The Kier molecular flexibility index (Phi) is 3.87. The summed E-state index contributed by atoms with van der Waals surface area (Å²) in [5, 5.41) is 3.71. The van der Waals surface area contributed by atoms with Crippen molar-refractivity contribution in [3.63, 3.8) is 0 Å². The van der Waals surface area contributed by atoms with Crippen LogP contribution >= 0.6 is 0 Å². The number of aryl methyl sites for hydroxylation is 1. The minimum Gasteiger partial charge on any atom is -0.337 e. The molecule has 1 aliphatic carbocycles. The van der Waals surface area contributed by atoms with Crippen LogP contribution in [0.1, 0.15) is 57.8 Å². The van der Waals surface area contributed by atoms with Gasteiger partial charge < -0.3 is 9.88 Å². The fraction of sp³-hybridized carbons (Fsp3) is 0.786. The van der Waals surface area contributed by atoms with E-state index in [1.54, 1.807) is 0 Å². The van der Waals surface area contributed by atoms with Gasteiger partial charge in [-0.2, -0.15) is 0 Å². The van der Waals surface area contributed by atoms with Gasteiger partial charge in [-0.05, 0) is 31.2 Å². The lowest BCUT2D eigenvalue weighted by Gasteiger charge is -2.34. The predicted molar refractivity (Wildman–Crippen MR) is 70.8 cm³/mol. The first-order valence-corrected chi connectivity index (χ1v) is 6.88. The van der Waals surface area contributed by atoms with Gasteiger partial charge in [-0.25, -0.2) is 4.98 Å². The minimum atomic E-state index is 0.383. The molecule has 0 saturated heterocycles. The Bertz CT molecular complexity index is 350. The number of aromatic nitrogens is 2. The van der Waals surface area contributed by atoms with Gasteiger partial charge in [-0.1, -0.05) is 26.7 Å². The lowest BCUT2D eigenvalue weighted by atomic mass is 9.80. The fourth-order valence-electron chi connectivity index (χ4n) is 3.06. The van der Waals surface area contributed by atoms with Crippen molar-refractivity contribution in [1.82, 2.24) is 14.9 Å². The SMILES string of the molecule is CCCNC(c1nccn1C)C1(C)CCCC1. The molecule has 1 fully saturated rings. The van der Waals surface area contributed by atoms with Crippen LogP contribution in [0.2, 0.25) is 0 Å². The Morgan fingerprint density at radius 3 is 2.71 bits per heavy atom. The third kappa shape index (κ3) is 2.54. The minimum absolute atomic E-state index is 0.383. The maximum atomic E-state index is 4.56. The third-order valence-electron chi connectivity index (χ3n) is 4.16. The first-order chi connectivity index (χ1) is 8.17. The molecule has 1 aliphatic rings. The van der Waals surface area contributed by atoms with Gasteiger partial charge in [0.1, 0.15) is 5.82 Å². The van der Waals surface area contributed by atoms with Crippen LogP contribution in [0.5, 0.6) is 0 Å². The van der Waals surface area contributed by atoms with Crippen molar-refractivity contribution in [2.24, 2.45) is 12.5 Å². The third-order valence-corrected chi connectivity index (χ3v) is 4.16. The van der Waals surface area contributed by atoms with Gasteiger partial charge in [0.15, 0.2) is 0 Å². The van der Waals surface area contributed by atoms with E-state index in [-0.39, 0.29) is 0 Å². The zero-order valence-corrected chi connectivity index (χ0v) is 11.4. The number of hydrogen-bond donors (Lipinski definition) is 1. The molecule has 0 aromatic carbocycles. The van der Waals surface area contributed by atoms with Crippen molar-refractivity contribution >= 4 is 0 Å². The maximum Gasteiger partial charge on any atom is 0.126 e. The van der Waals surface area contributed by atoms with Crippen molar-refractivity contribution in [1.29, 1.82) is 0 Å². The molecule has 0 radical (unpaired) electrons. The topological polar surface area (TPSA) is 29.9 Å². The molecular weight excluding hydrogens is 210 g/mol. The summed E-state index contributed by atoms with van der Waals surface area (Å²) >= 11 is 0. The number of rotatable bonds is 5. The molecule has 1 unspecified atom stereocenters. The highest BCUT2D eigenvalue weighted by Gasteiger charge is 2.39. The van der Waals surface area contributed by atoms with Crippen molar-refractivity contribution in [3.8, 4) is 0 Å². The summed E-state index contributed by atoms with van der Waals surface area (Å²) in [6.07, 6.45) is 10.5. The highest BCUT2D eigenvalue weighted by atomic mass is 15.1. The lowest BCUT2D eigenvalue weighted by molar-refractivity contribution is 0.211. The quantitative estimate of drug-likeness (QED) is 0.850. The molecule has 0 aliphatic heterocycles. The van der Waals surface area contributed by atoms with E-state index >= 15 is 0 Å². The van der Waals surface area contributed by atoms with Crippen LogP contribution in [0.4, 0.5) is 0 Å². The summed E-state index contributed by atoms with van der Waals surface area (Å²) in [5.74, 6) is 1.20. The molecule has 1 saturated carbocycles. The largest absolute Gasteiger partial charge is 0.337 e. The number of nitrogens with zero attached hydrogens (tertiary/aromatic N) is 2. The van der Waals surface area contributed by atoms with Crippen LogP contribution in [0.15, 0.2) is 12.4 Å². The van der Waals surface area contributed by atoms with Gasteiger partial charge in [0, 0.05) is 19.4 Å². The summed E-state index contributed by atoms with van der Waals surface area (Å²) in [6, 6.07) is 0.407. The molecule has 17 heavy (non-hydrogen) atoms. The molecule has 0 amide bonds. The maximum absolute atomic E-state index is 4.56. The summed E-state index contributed by atoms with van der Waals surface area (Å²) < 4.78 is 2.16. The summed E-state index contributed by atoms with van der Waals surface area (Å²) in [6.45, 7) is 5.72. The van der Waals surface area contributed by atoms with Crippen molar-refractivity contribution in [2.75, 3.05) is 6.54 Å². The van der Waals surface area contributed by atoms with E-state index < -0.39 is 0 Å². The normalized spacial score (nSPS) is 20.6. The van der Waals surface area contributed by atoms with Gasteiger partial charge >= 0.3 is 0 Å². The number of nitrogens with one attached hydrogen (secondary N) is 1. The molecule has 3 nitrogen and oxygen atoms in total. The zero-order chi connectivity index (χ0) is 12.3. The Hall–Kier alpha value is -0.830. The predicted octanol–water partition coefficient (Wildman–Crippen LogP) is 3.04. The molecule has 3 heteroatoms. The highest BCUT2D eigenvalue weighted by molar-refractivity contribution is 5.06. The monoisotopic (exact) mass is 235 g/mol. The molecule has 1 aromatic rings. The van der Waals surface area contributed by atoms with Crippen LogP contribution < -0.4 is 5.32 Å². The van der Waals surface area contributed by atoms with Gasteiger partial charge in [0.2, 0.25) is 0 Å². The standard InChI is InChI=1S/C14H25N3/c1-4-9-15-12(13-16-10-11-17(13)3)14(2)7-5-6-8-14/h10-12,15H,4-9H2,1-3H3. The van der Waals surface area contributed by atoms with Gasteiger partial charge in [-0.15, -0.1) is 0 Å². The molecule has 1 atom stereocenters. The summed E-state index contributed by atoms with van der Waals surface area (Å²) in [4.78, 5) is 4.56. The number of imidazole rings is 1. The molecule has 0 spiro atoms. The average Bonchev–Trinajstić information content (AvgIpc) is 2.90. The molecule has 96 valence electrons. The van der Waals surface area contributed by atoms with E-state index in [0.717, 1.165) is 6.54 Å². The van der Waals surface area contributed by atoms with Gasteiger partial charge in [0.25, 0.3) is 0 Å². The van der Waals surface area contributed by atoms with Gasteiger partial charge in [-0.3, -0.25) is 0 Å². The van der Waals surface area contributed by atoms with E-state index in [2.05, 4.69) is 35.8 Å². The van der Waals surface area contributed by atoms with E-state index in [1.807, 2.05) is 12.4 Å². The average molecular weight is 235 g/mol. The second-order valence-electron chi connectivity index (χ2n) is 5.64. The Labute approximate surface area is 105 Å². The van der Waals surface area contributed by atoms with Crippen LogP contribution in [0.3, 0.4) is 0 Å². The molecule has 2 rings (SSSR count). The van der Waals surface area contributed by atoms with E-state index in [4.69, 9.17) is 0 Å². The van der Waals surface area contributed by atoms with Crippen molar-refractivity contribution in [2.45, 2.75) is 52.0 Å². The number of hydrogen-bond acceptors (Lipinski definition) is 2. The van der Waals surface area contributed by atoms with E-state index in [1.165, 1.54) is 37.9 Å². The van der Waals surface area contributed by atoms with Crippen LogP contribution in [0, 0.1) is 5.41 Å². The van der Waals surface area contributed by atoms with E-state index in [0.29, 0.717) is 11.5 Å². The van der Waals surface area contributed by atoms with Crippen LogP contribution in [0.25, 0.3) is 0 Å². The highest BCUT2D eigenvalue weighted by Crippen LogP contribution is 2.46. The second kappa shape index (κ2) is 5.21. The Morgan fingerprint density at radius 2 is 2.18 bits per heavy atom. The Morgan fingerprint density at radius 1 is 1.47 bits per heavy atom. The molecule has 1 aromatic heterocycles. The summed E-state index contributed by atoms with van der Waals surface area (Å²) in [7, 11) is 2.10. The fourth-order valence-corrected chi connectivity index (χ4v) is 3.06. The molecular formula is C14H25N3. The molecule has 0 bridgehead atoms. The zero-order valence-electron chi connectivity index (χ0n) is 11.4. The van der Waals surface area contributed by atoms with Crippen molar-refractivity contribution < 1.29 is 0 Å². The molecule has 1 heterocycles. The first-order valence-electron chi connectivity index (χ1n) is 6.88. The molecule has 1 N–H and O–H groups in total. The smallest absolute Gasteiger partial charge is 0.126 e. The van der Waals surface area contributed by atoms with Crippen LogP contribution in [-0.2, 0) is 7.05 Å². The first kappa shape index (κ1) is 12.6.